The standard InChI is InChI=1S/C19H24N2O4S/c1-22-15-10-14(11-16(12-15)23-2)21-19(26)20-8-7-13-5-6-17(24-3)18(9-13)25-4/h5-6,9-12H,7-8H2,1-4H3,(H2,20,21,26). The molecule has 0 aromatic heterocycles. The molecule has 2 aromatic rings. The molecule has 0 aliphatic heterocycles. The van der Waals surface area contributed by atoms with Gasteiger partial charge in [0.2, 0.25) is 0 Å². The van der Waals surface area contributed by atoms with Gasteiger partial charge in [-0.2, -0.15) is 0 Å². The lowest BCUT2D eigenvalue weighted by Gasteiger charge is -2.13. The van der Waals surface area contributed by atoms with Gasteiger partial charge >= 0.3 is 0 Å². The fourth-order valence-corrected chi connectivity index (χ4v) is 2.63. The van der Waals surface area contributed by atoms with Crippen LogP contribution in [0.4, 0.5) is 5.69 Å². The molecule has 26 heavy (non-hydrogen) atoms. The average molecular weight is 376 g/mol. The first-order valence-electron chi connectivity index (χ1n) is 8.08. The Labute approximate surface area is 159 Å². The van der Waals surface area contributed by atoms with Crippen LogP contribution in [0.15, 0.2) is 36.4 Å². The Kier molecular flexibility index (Phi) is 7.35. The van der Waals surface area contributed by atoms with E-state index in [2.05, 4.69) is 10.6 Å². The Balaban J connectivity index is 1.89. The van der Waals surface area contributed by atoms with Crippen molar-refractivity contribution in [3.63, 3.8) is 0 Å². The fraction of sp³-hybridized carbons (Fsp3) is 0.316. The smallest absolute Gasteiger partial charge is 0.170 e. The van der Waals surface area contributed by atoms with E-state index >= 15 is 0 Å². The van der Waals surface area contributed by atoms with E-state index in [0.29, 0.717) is 34.7 Å². The zero-order chi connectivity index (χ0) is 18.9. The third kappa shape index (κ3) is 5.42. The van der Waals surface area contributed by atoms with Crippen LogP contribution in [0.5, 0.6) is 23.0 Å². The molecule has 0 spiro atoms. The maximum atomic E-state index is 5.35. The van der Waals surface area contributed by atoms with Gasteiger partial charge in [0, 0.05) is 30.4 Å². The lowest BCUT2D eigenvalue weighted by atomic mass is 10.1. The van der Waals surface area contributed by atoms with E-state index in [1.165, 1.54) is 0 Å². The highest BCUT2D eigenvalue weighted by molar-refractivity contribution is 7.80. The number of ether oxygens (including phenoxy) is 4. The molecular formula is C19H24N2O4S. The fourth-order valence-electron chi connectivity index (χ4n) is 2.41. The van der Waals surface area contributed by atoms with Crippen molar-refractivity contribution in [3.05, 3.63) is 42.0 Å². The van der Waals surface area contributed by atoms with E-state index in [1.807, 2.05) is 30.3 Å². The third-order valence-electron chi connectivity index (χ3n) is 3.76. The van der Waals surface area contributed by atoms with Crippen LogP contribution in [0.25, 0.3) is 0 Å². The Morgan fingerprint density at radius 2 is 1.50 bits per heavy atom. The number of benzene rings is 2. The monoisotopic (exact) mass is 376 g/mol. The van der Waals surface area contributed by atoms with Crippen LogP contribution in [-0.2, 0) is 6.42 Å². The molecule has 0 heterocycles. The molecule has 0 fully saturated rings. The van der Waals surface area contributed by atoms with Crippen molar-refractivity contribution in [2.75, 3.05) is 40.3 Å². The number of rotatable bonds is 8. The molecule has 0 saturated carbocycles. The number of methoxy groups -OCH3 is 4. The highest BCUT2D eigenvalue weighted by Gasteiger charge is 2.06. The maximum absolute atomic E-state index is 5.35. The number of hydrogen-bond acceptors (Lipinski definition) is 5. The Morgan fingerprint density at radius 3 is 2.08 bits per heavy atom. The van der Waals surface area contributed by atoms with Gasteiger partial charge in [-0.3, -0.25) is 0 Å². The van der Waals surface area contributed by atoms with E-state index in [0.717, 1.165) is 17.7 Å². The first-order valence-corrected chi connectivity index (χ1v) is 8.49. The minimum atomic E-state index is 0.529. The summed E-state index contributed by atoms with van der Waals surface area (Å²) in [6, 6.07) is 11.4. The summed E-state index contributed by atoms with van der Waals surface area (Å²) in [7, 11) is 6.47. The molecular weight excluding hydrogens is 352 g/mol. The van der Waals surface area contributed by atoms with Crippen LogP contribution < -0.4 is 29.6 Å². The van der Waals surface area contributed by atoms with Gasteiger partial charge < -0.3 is 29.6 Å². The van der Waals surface area contributed by atoms with Crippen LogP contribution in [0, 0.1) is 0 Å². The van der Waals surface area contributed by atoms with Crippen molar-refractivity contribution in [1.29, 1.82) is 0 Å². The zero-order valence-electron chi connectivity index (χ0n) is 15.4. The van der Waals surface area contributed by atoms with E-state index < -0.39 is 0 Å². The van der Waals surface area contributed by atoms with Gasteiger partial charge in [0.25, 0.3) is 0 Å². The molecule has 2 aromatic carbocycles. The molecule has 2 N–H and O–H groups in total. The normalized spacial score (nSPS) is 10.0. The number of nitrogens with one attached hydrogen (secondary N) is 2. The summed E-state index contributed by atoms with van der Waals surface area (Å²) in [5, 5.41) is 6.85. The first-order chi connectivity index (χ1) is 12.6. The highest BCUT2D eigenvalue weighted by atomic mass is 32.1. The van der Waals surface area contributed by atoms with Crippen LogP contribution in [-0.4, -0.2) is 40.1 Å². The summed E-state index contributed by atoms with van der Waals surface area (Å²) in [6.45, 7) is 0.683. The van der Waals surface area contributed by atoms with Gasteiger partial charge in [-0.1, -0.05) is 6.07 Å². The van der Waals surface area contributed by atoms with E-state index in [1.54, 1.807) is 34.5 Å². The molecule has 140 valence electrons. The molecule has 7 heteroatoms. The number of thiocarbonyl (C=S) groups is 1. The van der Waals surface area contributed by atoms with Crippen molar-refractivity contribution in [1.82, 2.24) is 5.32 Å². The van der Waals surface area contributed by atoms with Crippen LogP contribution in [0.3, 0.4) is 0 Å². The van der Waals surface area contributed by atoms with Gasteiger partial charge in [-0.15, -0.1) is 0 Å². The average Bonchev–Trinajstić information content (AvgIpc) is 2.67. The van der Waals surface area contributed by atoms with Crippen molar-refractivity contribution in [2.24, 2.45) is 0 Å². The van der Waals surface area contributed by atoms with Gasteiger partial charge in [-0.25, -0.2) is 0 Å². The molecule has 0 amide bonds. The summed E-state index contributed by atoms with van der Waals surface area (Å²) in [6.07, 6.45) is 0.795. The summed E-state index contributed by atoms with van der Waals surface area (Å²) < 4.78 is 21.1. The molecule has 0 aliphatic carbocycles. The third-order valence-corrected chi connectivity index (χ3v) is 4.00. The summed E-state index contributed by atoms with van der Waals surface area (Å²) >= 11 is 5.35. The Morgan fingerprint density at radius 1 is 0.846 bits per heavy atom. The zero-order valence-corrected chi connectivity index (χ0v) is 16.2. The van der Waals surface area contributed by atoms with E-state index in [4.69, 9.17) is 31.2 Å². The van der Waals surface area contributed by atoms with Gasteiger partial charge in [0.05, 0.1) is 28.4 Å². The maximum Gasteiger partial charge on any atom is 0.170 e. The molecule has 0 aliphatic rings. The topological polar surface area (TPSA) is 61.0 Å². The molecule has 0 unspecified atom stereocenters. The molecule has 0 radical (unpaired) electrons. The second-order valence-corrected chi connectivity index (χ2v) is 5.83. The highest BCUT2D eigenvalue weighted by Crippen LogP contribution is 2.28. The van der Waals surface area contributed by atoms with E-state index in [9.17, 15) is 0 Å². The quantitative estimate of drug-likeness (QED) is 0.686. The predicted molar refractivity (Wildman–Crippen MR) is 107 cm³/mol. The predicted octanol–water partition coefficient (Wildman–Crippen LogP) is 3.25. The minimum Gasteiger partial charge on any atom is -0.497 e. The largest absolute Gasteiger partial charge is 0.497 e. The molecule has 0 saturated heterocycles. The van der Waals surface area contributed by atoms with E-state index in [-0.39, 0.29) is 0 Å². The summed E-state index contributed by atoms with van der Waals surface area (Å²) in [5.74, 6) is 2.82. The van der Waals surface area contributed by atoms with Crippen molar-refractivity contribution in [3.8, 4) is 23.0 Å². The number of anilines is 1. The second-order valence-electron chi connectivity index (χ2n) is 5.42. The SMILES string of the molecule is COc1cc(NC(=S)NCCc2ccc(OC)c(OC)c2)cc(OC)c1. The first kappa shape index (κ1) is 19.7. The van der Waals surface area contributed by atoms with Crippen LogP contribution in [0.2, 0.25) is 0 Å². The molecule has 0 bridgehead atoms. The van der Waals surface area contributed by atoms with Crippen LogP contribution in [0.1, 0.15) is 5.56 Å². The molecule has 2 rings (SSSR count). The second kappa shape index (κ2) is 9.72. The van der Waals surface area contributed by atoms with Gasteiger partial charge in [0.15, 0.2) is 16.6 Å². The number of hydrogen-bond donors (Lipinski definition) is 2. The van der Waals surface area contributed by atoms with Gasteiger partial charge in [0.1, 0.15) is 11.5 Å². The summed E-state index contributed by atoms with van der Waals surface area (Å²) in [4.78, 5) is 0. The summed E-state index contributed by atoms with van der Waals surface area (Å²) in [5.41, 5.74) is 1.92. The molecule has 0 atom stereocenters. The minimum absolute atomic E-state index is 0.529. The Hall–Kier alpha value is -2.67. The Bertz CT molecular complexity index is 730. The van der Waals surface area contributed by atoms with Gasteiger partial charge in [-0.05, 0) is 36.3 Å². The lowest BCUT2D eigenvalue weighted by Crippen LogP contribution is -2.30. The van der Waals surface area contributed by atoms with Crippen molar-refractivity contribution < 1.29 is 18.9 Å². The lowest BCUT2D eigenvalue weighted by molar-refractivity contribution is 0.354. The van der Waals surface area contributed by atoms with Crippen molar-refractivity contribution in [2.45, 2.75) is 6.42 Å². The molecule has 6 nitrogen and oxygen atoms in total. The van der Waals surface area contributed by atoms with Crippen LogP contribution >= 0.6 is 12.2 Å². The van der Waals surface area contributed by atoms with Crippen molar-refractivity contribution >= 4 is 23.0 Å².